The molecule has 32 heavy (non-hydrogen) atoms. The Hall–Kier alpha value is -2.68. The first-order chi connectivity index (χ1) is 15.2. The van der Waals surface area contributed by atoms with E-state index in [1.165, 1.54) is 12.1 Å². The molecule has 4 rings (SSSR count). The first-order valence-corrected chi connectivity index (χ1v) is 11.0. The zero-order chi connectivity index (χ0) is 22.9. The Morgan fingerprint density at radius 2 is 1.78 bits per heavy atom. The van der Waals surface area contributed by atoms with E-state index in [1.807, 2.05) is 4.90 Å². The number of alkyl halides is 3. The second kappa shape index (κ2) is 9.05. The highest BCUT2D eigenvalue weighted by Crippen LogP contribution is 2.36. The maximum atomic E-state index is 13.1. The molecule has 0 radical (unpaired) electrons. The molecule has 1 amide bonds. The summed E-state index contributed by atoms with van der Waals surface area (Å²) >= 11 is 0. The molecule has 2 saturated heterocycles. The summed E-state index contributed by atoms with van der Waals surface area (Å²) in [5.41, 5.74) is 7.11. The van der Waals surface area contributed by atoms with E-state index in [-0.39, 0.29) is 23.7 Å². The van der Waals surface area contributed by atoms with Gasteiger partial charge in [-0.05, 0) is 63.5 Å². The smallest absolute Gasteiger partial charge is 0.368 e. The van der Waals surface area contributed by atoms with Crippen LogP contribution >= 0.6 is 0 Å². The van der Waals surface area contributed by atoms with Crippen LogP contribution in [0.5, 0.6) is 0 Å². The first-order valence-electron chi connectivity index (χ1n) is 11.0. The highest BCUT2D eigenvalue weighted by molar-refractivity contribution is 5.79. The fourth-order valence-corrected chi connectivity index (χ4v) is 4.70. The fourth-order valence-electron chi connectivity index (χ4n) is 4.70. The fraction of sp³-hybridized carbons (Fsp3) is 0.522. The van der Waals surface area contributed by atoms with Crippen LogP contribution in [0.4, 0.5) is 19.1 Å². The number of nitrogen functional groups attached to an aromatic ring is 1. The minimum Gasteiger partial charge on any atom is -0.368 e. The van der Waals surface area contributed by atoms with Gasteiger partial charge >= 0.3 is 6.18 Å². The van der Waals surface area contributed by atoms with Crippen LogP contribution < -0.4 is 5.73 Å². The number of hydrogen-bond acceptors (Lipinski definition) is 5. The van der Waals surface area contributed by atoms with Gasteiger partial charge in [-0.15, -0.1) is 0 Å². The summed E-state index contributed by atoms with van der Waals surface area (Å²) in [4.78, 5) is 25.8. The summed E-state index contributed by atoms with van der Waals surface area (Å²) < 4.78 is 38.9. The number of nitrogens with zero attached hydrogens (tertiary/aromatic N) is 4. The van der Waals surface area contributed by atoms with Gasteiger partial charge in [0.2, 0.25) is 11.9 Å². The Morgan fingerprint density at radius 1 is 1.09 bits per heavy atom. The maximum absolute atomic E-state index is 13.1. The van der Waals surface area contributed by atoms with Crippen LogP contribution in [-0.4, -0.2) is 58.9 Å². The Morgan fingerprint density at radius 3 is 2.44 bits per heavy atom. The molecule has 0 saturated carbocycles. The van der Waals surface area contributed by atoms with Crippen LogP contribution in [0.25, 0.3) is 11.1 Å². The van der Waals surface area contributed by atoms with Crippen molar-refractivity contribution in [3.05, 3.63) is 41.7 Å². The third-order valence-electron chi connectivity index (χ3n) is 6.55. The lowest BCUT2D eigenvalue weighted by molar-refractivity contribution is -0.138. The summed E-state index contributed by atoms with van der Waals surface area (Å²) in [6.07, 6.45) is 0.595. The van der Waals surface area contributed by atoms with Crippen molar-refractivity contribution in [2.24, 2.45) is 5.92 Å². The molecule has 2 aromatic rings. The predicted octanol–water partition coefficient (Wildman–Crippen LogP) is 3.79. The lowest BCUT2D eigenvalue weighted by Crippen LogP contribution is -2.45. The molecule has 0 unspecified atom stereocenters. The van der Waals surface area contributed by atoms with Crippen LogP contribution in [0.2, 0.25) is 0 Å². The molecule has 6 nitrogen and oxygen atoms in total. The van der Waals surface area contributed by atoms with Gasteiger partial charge in [0, 0.05) is 36.7 Å². The Bertz CT molecular complexity index is 955. The summed E-state index contributed by atoms with van der Waals surface area (Å²) in [7, 11) is 2.07. The largest absolute Gasteiger partial charge is 0.416 e. The second-order valence-electron chi connectivity index (χ2n) is 8.80. The third-order valence-corrected chi connectivity index (χ3v) is 6.55. The highest BCUT2D eigenvalue weighted by Gasteiger charge is 2.33. The Balaban J connectivity index is 1.56. The quantitative estimate of drug-likeness (QED) is 0.775. The number of amides is 1. The molecule has 2 aliphatic rings. The topological polar surface area (TPSA) is 75.4 Å². The molecule has 0 bridgehead atoms. The van der Waals surface area contributed by atoms with Gasteiger partial charge in [0.25, 0.3) is 0 Å². The van der Waals surface area contributed by atoms with Crippen molar-refractivity contribution in [1.29, 1.82) is 0 Å². The number of likely N-dealkylation sites (tertiary alicyclic amines) is 2. The van der Waals surface area contributed by atoms with Gasteiger partial charge in [-0.25, -0.2) is 9.97 Å². The van der Waals surface area contributed by atoms with Crippen molar-refractivity contribution in [3.63, 3.8) is 0 Å². The molecule has 1 aromatic carbocycles. The van der Waals surface area contributed by atoms with Crippen LogP contribution in [0, 0.1) is 5.92 Å². The molecule has 1 aromatic heterocycles. The number of aromatic nitrogens is 2. The predicted molar refractivity (Wildman–Crippen MR) is 116 cm³/mol. The van der Waals surface area contributed by atoms with E-state index in [2.05, 4.69) is 21.9 Å². The van der Waals surface area contributed by atoms with Crippen molar-refractivity contribution in [2.45, 2.75) is 37.8 Å². The average molecular weight is 448 g/mol. The number of benzene rings is 1. The molecule has 0 aliphatic carbocycles. The zero-order valence-electron chi connectivity index (χ0n) is 18.1. The Kier molecular flexibility index (Phi) is 6.37. The lowest BCUT2D eigenvalue weighted by Gasteiger charge is -2.37. The van der Waals surface area contributed by atoms with Gasteiger partial charge in [0.05, 0.1) is 11.3 Å². The zero-order valence-corrected chi connectivity index (χ0v) is 18.1. The molecular formula is C23H28F3N5O. The van der Waals surface area contributed by atoms with Gasteiger partial charge in [-0.1, -0.05) is 12.1 Å². The van der Waals surface area contributed by atoms with E-state index < -0.39 is 11.7 Å². The lowest BCUT2D eigenvalue weighted by atomic mass is 9.88. The standard InChI is InChI=1S/C23H28F3N5O/c1-30-11-8-16(9-12-30)21(32)31-10-2-3-17(14-31)20-19(13-28-22(27)29-20)15-4-6-18(7-5-15)23(24,25)26/h4-7,13,16-17H,2-3,8-12,14H2,1H3,(H2,27,28,29)/t17-/m0/s1. The molecule has 9 heteroatoms. The number of rotatable bonds is 3. The molecule has 3 heterocycles. The van der Waals surface area contributed by atoms with Crippen molar-refractivity contribution in [2.75, 3.05) is 39.0 Å². The molecule has 172 valence electrons. The normalized spacial score (nSPS) is 21.0. The molecule has 2 N–H and O–H groups in total. The third kappa shape index (κ3) is 4.87. The number of hydrogen-bond donors (Lipinski definition) is 1. The average Bonchev–Trinajstić information content (AvgIpc) is 2.79. The maximum Gasteiger partial charge on any atom is 0.416 e. The summed E-state index contributed by atoms with van der Waals surface area (Å²) in [6, 6.07) is 5.00. The van der Waals surface area contributed by atoms with Gasteiger partial charge < -0.3 is 15.5 Å². The molecule has 1 atom stereocenters. The molecule has 0 spiro atoms. The Labute approximate surface area is 185 Å². The monoisotopic (exact) mass is 447 g/mol. The van der Waals surface area contributed by atoms with Gasteiger partial charge in [0.15, 0.2) is 0 Å². The first kappa shape index (κ1) is 22.5. The summed E-state index contributed by atoms with van der Waals surface area (Å²) in [5.74, 6) is 0.326. The minimum atomic E-state index is -4.39. The van der Waals surface area contributed by atoms with Gasteiger partial charge in [-0.3, -0.25) is 4.79 Å². The molecule has 2 fully saturated rings. The highest BCUT2D eigenvalue weighted by atomic mass is 19.4. The second-order valence-corrected chi connectivity index (χ2v) is 8.80. The van der Waals surface area contributed by atoms with Gasteiger partial charge in [-0.2, -0.15) is 13.2 Å². The van der Waals surface area contributed by atoms with E-state index in [0.29, 0.717) is 23.4 Å². The summed E-state index contributed by atoms with van der Waals surface area (Å²) in [5, 5.41) is 0. The molecule has 2 aliphatic heterocycles. The minimum absolute atomic E-state index is 0.0402. The van der Waals surface area contributed by atoms with Crippen LogP contribution in [0.15, 0.2) is 30.5 Å². The van der Waals surface area contributed by atoms with Crippen molar-refractivity contribution >= 4 is 11.9 Å². The van der Waals surface area contributed by atoms with E-state index in [4.69, 9.17) is 5.73 Å². The number of nitrogens with two attached hydrogens (primary N) is 1. The van der Waals surface area contributed by atoms with E-state index >= 15 is 0 Å². The number of piperidine rings is 2. The van der Waals surface area contributed by atoms with E-state index in [0.717, 1.165) is 57.5 Å². The van der Waals surface area contributed by atoms with Crippen LogP contribution in [0.1, 0.15) is 42.9 Å². The molecular weight excluding hydrogens is 419 g/mol. The summed E-state index contributed by atoms with van der Waals surface area (Å²) in [6.45, 7) is 3.11. The van der Waals surface area contributed by atoms with Gasteiger partial charge in [0.1, 0.15) is 0 Å². The van der Waals surface area contributed by atoms with Crippen LogP contribution in [-0.2, 0) is 11.0 Å². The number of carbonyl (C=O) groups is 1. The van der Waals surface area contributed by atoms with E-state index in [1.54, 1.807) is 6.20 Å². The SMILES string of the molecule is CN1CCC(C(=O)N2CCC[C@H](c3nc(N)ncc3-c3ccc(C(F)(F)F)cc3)C2)CC1. The van der Waals surface area contributed by atoms with Crippen LogP contribution in [0.3, 0.4) is 0 Å². The van der Waals surface area contributed by atoms with E-state index in [9.17, 15) is 18.0 Å². The number of carbonyl (C=O) groups excluding carboxylic acids is 1. The number of anilines is 1. The number of halogens is 3. The van der Waals surface area contributed by atoms with Crippen molar-refractivity contribution < 1.29 is 18.0 Å². The van der Waals surface area contributed by atoms with Crippen molar-refractivity contribution in [3.8, 4) is 11.1 Å². The van der Waals surface area contributed by atoms with Crippen molar-refractivity contribution in [1.82, 2.24) is 19.8 Å².